The van der Waals surface area contributed by atoms with E-state index >= 15 is 0 Å². The maximum absolute atomic E-state index is 11.7. The zero-order valence-corrected chi connectivity index (χ0v) is 12.0. The molecule has 7 nitrogen and oxygen atoms in total. The minimum absolute atomic E-state index is 0.00631. The molecule has 0 bridgehead atoms. The van der Waals surface area contributed by atoms with Gasteiger partial charge in [-0.25, -0.2) is 10.2 Å². The lowest BCUT2D eigenvalue weighted by atomic mass is 10.2. The lowest BCUT2D eigenvalue weighted by molar-refractivity contribution is 0.0483. The molecule has 0 unspecified atom stereocenters. The van der Waals surface area contributed by atoms with Crippen LogP contribution in [0.15, 0.2) is 6.07 Å². The van der Waals surface area contributed by atoms with Crippen LogP contribution in [0.1, 0.15) is 31.1 Å². The molecule has 0 aromatic carbocycles. The van der Waals surface area contributed by atoms with E-state index in [1.165, 1.54) is 6.07 Å². The number of nitrogens with one attached hydrogen (secondary N) is 2. The number of carbonyl (C=O) groups is 2. The van der Waals surface area contributed by atoms with Crippen molar-refractivity contribution in [2.75, 3.05) is 0 Å². The van der Waals surface area contributed by atoms with Gasteiger partial charge in [0.15, 0.2) is 10.3 Å². The lowest BCUT2D eigenvalue weighted by Gasteiger charge is -2.19. The van der Waals surface area contributed by atoms with Gasteiger partial charge in [0.25, 0.3) is 5.91 Å². The first-order valence-electron chi connectivity index (χ1n) is 5.17. The summed E-state index contributed by atoms with van der Waals surface area (Å²) in [5, 5.41) is 6.80. The zero-order valence-electron chi connectivity index (χ0n) is 10.5. The van der Waals surface area contributed by atoms with Gasteiger partial charge in [0.1, 0.15) is 5.60 Å². The van der Waals surface area contributed by atoms with Crippen LogP contribution in [-0.4, -0.2) is 27.8 Å². The SMILES string of the molecule is CC(C)(C)OC(=O)NNC(=O)c1cc(Cl)nnc1Cl. The number of nitrogens with zero attached hydrogens (tertiary/aromatic N) is 2. The summed E-state index contributed by atoms with van der Waals surface area (Å²) in [6.07, 6.45) is -0.801. The predicted molar refractivity (Wildman–Crippen MR) is 68.9 cm³/mol. The molecule has 0 atom stereocenters. The van der Waals surface area contributed by atoms with Crippen molar-refractivity contribution in [1.82, 2.24) is 21.0 Å². The average molecular weight is 307 g/mol. The minimum atomic E-state index is -0.801. The van der Waals surface area contributed by atoms with Gasteiger partial charge in [0, 0.05) is 0 Å². The summed E-state index contributed by atoms with van der Waals surface area (Å²) >= 11 is 11.3. The number of hydrazine groups is 1. The second-order valence-corrected chi connectivity index (χ2v) is 5.20. The summed E-state index contributed by atoms with van der Waals surface area (Å²) in [6.45, 7) is 5.08. The second-order valence-electron chi connectivity index (χ2n) is 4.45. The standard InChI is InChI=1S/C10H12Cl2N4O3/c1-10(2,3)19-9(18)16-15-8(17)5-4-6(11)13-14-7(5)12/h4H,1-3H3,(H,15,17)(H,16,18). The Labute approximate surface area is 119 Å². The van der Waals surface area contributed by atoms with Gasteiger partial charge in [-0.1, -0.05) is 23.2 Å². The first-order valence-corrected chi connectivity index (χ1v) is 5.92. The van der Waals surface area contributed by atoms with Gasteiger partial charge in [-0.05, 0) is 26.8 Å². The van der Waals surface area contributed by atoms with Crippen LogP contribution in [-0.2, 0) is 4.74 Å². The van der Waals surface area contributed by atoms with E-state index < -0.39 is 17.6 Å². The predicted octanol–water partition coefficient (Wildman–Crippen LogP) is 1.95. The fourth-order valence-electron chi connectivity index (χ4n) is 0.991. The van der Waals surface area contributed by atoms with Crippen LogP contribution in [0.3, 0.4) is 0 Å². The van der Waals surface area contributed by atoms with E-state index in [0.29, 0.717) is 0 Å². The van der Waals surface area contributed by atoms with Crippen molar-refractivity contribution in [2.24, 2.45) is 0 Å². The molecule has 1 heterocycles. The van der Waals surface area contributed by atoms with Crippen LogP contribution in [0.2, 0.25) is 10.3 Å². The first kappa shape index (κ1) is 15.5. The number of ether oxygens (including phenoxy) is 1. The van der Waals surface area contributed by atoms with Crippen molar-refractivity contribution >= 4 is 35.2 Å². The highest BCUT2D eigenvalue weighted by molar-refractivity contribution is 6.34. The summed E-state index contributed by atoms with van der Waals surface area (Å²) in [5.74, 6) is -0.687. The summed E-state index contributed by atoms with van der Waals surface area (Å²) in [4.78, 5) is 23.0. The fourth-order valence-corrected chi connectivity index (χ4v) is 1.32. The molecule has 0 saturated heterocycles. The third-order valence-corrected chi connectivity index (χ3v) is 2.10. The van der Waals surface area contributed by atoms with Gasteiger partial charge in [-0.15, -0.1) is 10.2 Å². The van der Waals surface area contributed by atoms with Gasteiger partial charge in [0.05, 0.1) is 5.56 Å². The van der Waals surface area contributed by atoms with E-state index in [-0.39, 0.29) is 15.9 Å². The highest BCUT2D eigenvalue weighted by atomic mass is 35.5. The van der Waals surface area contributed by atoms with Gasteiger partial charge in [-0.2, -0.15) is 0 Å². The summed E-state index contributed by atoms with van der Waals surface area (Å²) < 4.78 is 4.93. The summed E-state index contributed by atoms with van der Waals surface area (Å²) in [7, 11) is 0. The molecular weight excluding hydrogens is 295 g/mol. The Kier molecular flexibility index (Phi) is 4.90. The van der Waals surface area contributed by atoms with E-state index in [9.17, 15) is 9.59 Å². The summed E-state index contributed by atoms with van der Waals surface area (Å²) in [5.41, 5.74) is 3.50. The molecule has 104 valence electrons. The Morgan fingerprint density at radius 2 is 1.84 bits per heavy atom. The van der Waals surface area contributed by atoms with Crippen LogP contribution in [0.4, 0.5) is 4.79 Å². The Hall–Kier alpha value is -1.60. The van der Waals surface area contributed by atoms with Crippen LogP contribution in [0.5, 0.6) is 0 Å². The third kappa shape index (κ3) is 5.27. The molecule has 0 fully saturated rings. The van der Waals surface area contributed by atoms with Gasteiger partial charge < -0.3 is 4.74 Å². The number of rotatable bonds is 1. The second kappa shape index (κ2) is 6.03. The minimum Gasteiger partial charge on any atom is -0.443 e. The van der Waals surface area contributed by atoms with Crippen molar-refractivity contribution in [3.05, 3.63) is 21.9 Å². The van der Waals surface area contributed by atoms with Crippen LogP contribution < -0.4 is 10.9 Å². The molecule has 0 radical (unpaired) electrons. The molecule has 0 aliphatic rings. The Morgan fingerprint density at radius 3 is 2.42 bits per heavy atom. The number of amides is 2. The molecule has 0 aliphatic heterocycles. The molecule has 2 amide bonds. The van der Waals surface area contributed by atoms with E-state index in [1.807, 2.05) is 0 Å². The molecule has 1 aromatic heterocycles. The van der Waals surface area contributed by atoms with Gasteiger partial charge >= 0.3 is 6.09 Å². The quantitative estimate of drug-likeness (QED) is 0.774. The normalized spacial score (nSPS) is 10.8. The third-order valence-electron chi connectivity index (χ3n) is 1.64. The molecule has 19 heavy (non-hydrogen) atoms. The zero-order chi connectivity index (χ0) is 14.6. The van der Waals surface area contributed by atoms with E-state index in [4.69, 9.17) is 27.9 Å². The number of hydrogen-bond acceptors (Lipinski definition) is 5. The number of hydrogen-bond donors (Lipinski definition) is 2. The van der Waals surface area contributed by atoms with E-state index in [2.05, 4.69) is 21.0 Å². The van der Waals surface area contributed by atoms with Gasteiger partial charge in [0.2, 0.25) is 0 Å². The Bertz CT molecular complexity index is 502. The molecule has 2 N–H and O–H groups in total. The fraction of sp³-hybridized carbons (Fsp3) is 0.400. The van der Waals surface area contributed by atoms with E-state index in [1.54, 1.807) is 20.8 Å². The highest BCUT2D eigenvalue weighted by Gasteiger charge is 2.18. The van der Waals surface area contributed by atoms with Crippen LogP contribution >= 0.6 is 23.2 Å². The Balaban J connectivity index is 2.61. The molecule has 0 spiro atoms. The summed E-state index contributed by atoms with van der Waals surface area (Å²) in [6, 6.07) is 1.23. The monoisotopic (exact) mass is 306 g/mol. The molecule has 0 saturated carbocycles. The van der Waals surface area contributed by atoms with Crippen LogP contribution in [0, 0.1) is 0 Å². The smallest absolute Gasteiger partial charge is 0.426 e. The molecule has 9 heteroatoms. The van der Waals surface area contributed by atoms with Crippen molar-refractivity contribution in [1.29, 1.82) is 0 Å². The molecular formula is C10H12Cl2N4O3. The Morgan fingerprint density at radius 1 is 1.21 bits per heavy atom. The van der Waals surface area contributed by atoms with E-state index in [0.717, 1.165) is 0 Å². The topological polar surface area (TPSA) is 93.2 Å². The van der Waals surface area contributed by atoms with Gasteiger partial charge in [-0.3, -0.25) is 10.2 Å². The maximum Gasteiger partial charge on any atom is 0.426 e. The molecule has 1 aromatic rings. The largest absolute Gasteiger partial charge is 0.443 e. The number of aromatic nitrogens is 2. The molecule has 0 aliphatic carbocycles. The van der Waals surface area contributed by atoms with Crippen molar-refractivity contribution in [3.63, 3.8) is 0 Å². The average Bonchev–Trinajstić information content (AvgIpc) is 2.27. The van der Waals surface area contributed by atoms with Crippen molar-refractivity contribution in [3.8, 4) is 0 Å². The van der Waals surface area contributed by atoms with Crippen molar-refractivity contribution in [2.45, 2.75) is 26.4 Å². The maximum atomic E-state index is 11.7. The van der Waals surface area contributed by atoms with Crippen molar-refractivity contribution < 1.29 is 14.3 Å². The number of carbonyl (C=O) groups excluding carboxylic acids is 2. The number of halogens is 2. The molecule has 1 rings (SSSR count). The first-order chi connectivity index (χ1) is 8.69. The highest BCUT2D eigenvalue weighted by Crippen LogP contribution is 2.14. The van der Waals surface area contributed by atoms with Crippen LogP contribution in [0.25, 0.3) is 0 Å². The lowest BCUT2D eigenvalue weighted by Crippen LogP contribution is -2.44.